The van der Waals surface area contributed by atoms with Gasteiger partial charge in [-0.3, -0.25) is 9.97 Å². The molecule has 0 aliphatic rings. The summed E-state index contributed by atoms with van der Waals surface area (Å²) in [7, 11) is 0. The number of hydrogen-bond acceptors (Lipinski definition) is 3. The van der Waals surface area contributed by atoms with E-state index in [9.17, 15) is 0 Å². The van der Waals surface area contributed by atoms with Crippen molar-refractivity contribution in [1.82, 2.24) is 9.97 Å². The minimum Gasteiger partial charge on any atom is -0.455 e. The Bertz CT molecular complexity index is 2510. The van der Waals surface area contributed by atoms with Gasteiger partial charge in [-0.2, -0.15) is 0 Å². The van der Waals surface area contributed by atoms with Gasteiger partial charge in [-0.1, -0.05) is 103 Å². The highest BCUT2D eigenvalue weighted by Gasteiger charge is 2.17. The molecular weight excluding hydrogens is 536 g/mol. The van der Waals surface area contributed by atoms with Gasteiger partial charge in [-0.15, -0.1) is 6.58 Å². The van der Waals surface area contributed by atoms with Gasteiger partial charge >= 0.3 is 0 Å². The second-order valence-electron chi connectivity index (χ2n) is 11.0. The van der Waals surface area contributed by atoms with Gasteiger partial charge in [0.05, 0.1) is 11.0 Å². The Hall–Kier alpha value is -5.80. The first-order valence-electron chi connectivity index (χ1n) is 14.8. The Morgan fingerprint density at radius 1 is 0.545 bits per heavy atom. The van der Waals surface area contributed by atoms with E-state index in [1.165, 1.54) is 26.9 Å². The van der Waals surface area contributed by atoms with E-state index < -0.39 is 0 Å². The van der Waals surface area contributed by atoms with Crippen LogP contribution in [0.3, 0.4) is 0 Å². The molecule has 0 aliphatic carbocycles. The molecule has 3 heteroatoms. The molecule has 0 bridgehead atoms. The number of nitrogens with zero attached hydrogens (tertiary/aromatic N) is 2. The topological polar surface area (TPSA) is 38.9 Å². The molecule has 9 rings (SSSR count). The number of para-hydroxylation sites is 1. The van der Waals surface area contributed by atoms with Crippen LogP contribution in [0.4, 0.5) is 0 Å². The molecule has 0 radical (unpaired) electrons. The van der Waals surface area contributed by atoms with Gasteiger partial charge in [0, 0.05) is 39.5 Å². The van der Waals surface area contributed by atoms with E-state index in [2.05, 4.69) is 127 Å². The lowest BCUT2D eigenvalue weighted by Gasteiger charge is -2.12. The number of hydrogen-bond donors (Lipinski definition) is 0. The number of allylic oxidation sites excluding steroid dienone is 1. The van der Waals surface area contributed by atoms with Gasteiger partial charge < -0.3 is 4.42 Å². The normalized spacial score (nSPS) is 11.4. The van der Waals surface area contributed by atoms with E-state index in [1.807, 2.05) is 13.0 Å². The molecule has 0 aliphatic heterocycles. The molecule has 0 fully saturated rings. The van der Waals surface area contributed by atoms with Crippen LogP contribution in [0.25, 0.3) is 87.5 Å². The van der Waals surface area contributed by atoms with E-state index in [0.29, 0.717) is 0 Å². The molecule has 208 valence electrons. The molecule has 7 aromatic carbocycles. The van der Waals surface area contributed by atoms with Crippen LogP contribution in [0.5, 0.6) is 0 Å². The molecule has 0 unspecified atom stereocenters. The molecule has 0 atom stereocenters. The van der Waals surface area contributed by atoms with Crippen LogP contribution in [0.2, 0.25) is 0 Å². The van der Waals surface area contributed by atoms with Crippen molar-refractivity contribution in [2.24, 2.45) is 0 Å². The van der Waals surface area contributed by atoms with Crippen LogP contribution in [-0.2, 0) is 0 Å². The first-order chi connectivity index (χ1) is 21.7. The first-order valence-corrected chi connectivity index (χ1v) is 14.8. The predicted molar refractivity (Wildman–Crippen MR) is 186 cm³/mol. The van der Waals surface area contributed by atoms with Crippen LogP contribution in [0, 0.1) is 0 Å². The Morgan fingerprint density at radius 3 is 1.95 bits per heavy atom. The van der Waals surface area contributed by atoms with E-state index in [-0.39, 0.29) is 0 Å². The van der Waals surface area contributed by atoms with Gasteiger partial charge in [-0.05, 0) is 69.4 Å². The monoisotopic (exact) mass is 564 g/mol. The SMILES string of the molecule is C=CC.c1cc(-c2ccc3c(c2)c2ccccc2c2nccnc32)cc(-c2cc3ccccc3c3c2oc2ccccc23)c1. The number of benzene rings is 7. The van der Waals surface area contributed by atoms with Crippen molar-refractivity contribution < 1.29 is 4.42 Å². The fraction of sp³-hybridized carbons (Fsp3) is 0.0244. The highest BCUT2D eigenvalue weighted by atomic mass is 16.3. The Labute approximate surface area is 254 Å². The molecule has 0 spiro atoms. The number of furan rings is 1. The minimum absolute atomic E-state index is 0.910. The first kappa shape index (κ1) is 25.9. The van der Waals surface area contributed by atoms with Gasteiger partial charge in [-0.25, -0.2) is 0 Å². The highest BCUT2D eigenvalue weighted by Crippen LogP contribution is 2.42. The average molecular weight is 565 g/mol. The molecule has 2 heterocycles. The summed E-state index contributed by atoms with van der Waals surface area (Å²) in [4.78, 5) is 9.39. The molecule has 3 nitrogen and oxygen atoms in total. The van der Waals surface area contributed by atoms with Crippen LogP contribution < -0.4 is 0 Å². The maximum Gasteiger partial charge on any atom is 0.143 e. The fourth-order valence-electron chi connectivity index (χ4n) is 6.46. The molecule has 44 heavy (non-hydrogen) atoms. The average Bonchev–Trinajstić information content (AvgIpc) is 3.48. The zero-order valence-corrected chi connectivity index (χ0v) is 24.3. The number of fused-ring (bicyclic) bond motifs is 11. The quantitative estimate of drug-likeness (QED) is 0.155. The minimum atomic E-state index is 0.910. The standard InChI is InChI=1S/C38H22N2O.C3H6/c1-2-11-27-26(8-1)22-32(38-35(27)31-14-5-6-15-34(31)41-38)25-10-7-9-23(20-25)24-16-17-30-33(21-24)28-12-3-4-13-29(28)36-37(30)40-19-18-39-36;1-3-2/h1-22H;3H,1H2,2H3. The second kappa shape index (κ2) is 10.5. The molecule has 9 aromatic rings. The lowest BCUT2D eigenvalue weighted by atomic mass is 9.92. The van der Waals surface area contributed by atoms with Crippen LogP contribution in [-0.4, -0.2) is 9.97 Å². The lowest BCUT2D eigenvalue weighted by molar-refractivity contribution is 0.670. The van der Waals surface area contributed by atoms with Crippen LogP contribution in [0.15, 0.2) is 151 Å². The zero-order chi connectivity index (χ0) is 29.6. The third-order valence-electron chi connectivity index (χ3n) is 8.32. The summed E-state index contributed by atoms with van der Waals surface area (Å²) in [6.07, 6.45) is 5.29. The van der Waals surface area contributed by atoms with Crippen molar-refractivity contribution in [3.8, 4) is 22.3 Å². The van der Waals surface area contributed by atoms with Crippen molar-refractivity contribution in [3.63, 3.8) is 0 Å². The molecule has 0 saturated heterocycles. The Balaban J connectivity index is 0.000000928. The summed E-state index contributed by atoms with van der Waals surface area (Å²) in [6, 6.07) is 43.1. The molecular formula is C41H28N2O. The molecule has 0 amide bonds. The third-order valence-corrected chi connectivity index (χ3v) is 8.32. The smallest absolute Gasteiger partial charge is 0.143 e. The summed E-state index contributed by atoms with van der Waals surface area (Å²) >= 11 is 0. The van der Waals surface area contributed by atoms with Crippen molar-refractivity contribution in [2.75, 3.05) is 0 Å². The predicted octanol–water partition coefficient (Wildman–Crippen LogP) is 11.5. The van der Waals surface area contributed by atoms with Gasteiger partial charge in [0.2, 0.25) is 0 Å². The van der Waals surface area contributed by atoms with E-state index in [0.717, 1.165) is 60.6 Å². The summed E-state index contributed by atoms with van der Waals surface area (Å²) in [5, 5.41) is 9.34. The fourth-order valence-corrected chi connectivity index (χ4v) is 6.46. The van der Waals surface area contributed by atoms with Crippen molar-refractivity contribution >= 4 is 65.3 Å². The second-order valence-corrected chi connectivity index (χ2v) is 11.0. The molecule has 2 aromatic heterocycles. The number of rotatable bonds is 2. The van der Waals surface area contributed by atoms with Crippen molar-refractivity contribution in [2.45, 2.75) is 6.92 Å². The largest absolute Gasteiger partial charge is 0.455 e. The summed E-state index contributed by atoms with van der Waals surface area (Å²) < 4.78 is 6.53. The zero-order valence-electron chi connectivity index (χ0n) is 24.3. The summed E-state index contributed by atoms with van der Waals surface area (Å²) in [5.41, 5.74) is 8.27. The van der Waals surface area contributed by atoms with Gasteiger partial charge in [0.1, 0.15) is 11.2 Å². The maximum absolute atomic E-state index is 6.53. The number of aromatic nitrogens is 2. The van der Waals surface area contributed by atoms with Crippen LogP contribution in [0.1, 0.15) is 6.92 Å². The molecule has 0 N–H and O–H groups in total. The van der Waals surface area contributed by atoms with Crippen molar-refractivity contribution in [3.05, 3.63) is 146 Å². The third kappa shape index (κ3) is 4.05. The van der Waals surface area contributed by atoms with E-state index in [1.54, 1.807) is 18.5 Å². The maximum atomic E-state index is 6.53. The van der Waals surface area contributed by atoms with Crippen LogP contribution >= 0.6 is 0 Å². The summed E-state index contributed by atoms with van der Waals surface area (Å²) in [6.45, 7) is 5.25. The Kier molecular flexibility index (Phi) is 6.16. The van der Waals surface area contributed by atoms with E-state index in [4.69, 9.17) is 9.40 Å². The van der Waals surface area contributed by atoms with Gasteiger partial charge in [0.15, 0.2) is 0 Å². The van der Waals surface area contributed by atoms with Gasteiger partial charge in [0.25, 0.3) is 0 Å². The van der Waals surface area contributed by atoms with E-state index >= 15 is 0 Å². The summed E-state index contributed by atoms with van der Waals surface area (Å²) in [5.74, 6) is 0. The van der Waals surface area contributed by atoms with Crippen molar-refractivity contribution in [1.29, 1.82) is 0 Å². The molecule has 0 saturated carbocycles. The highest BCUT2D eigenvalue weighted by molar-refractivity contribution is 6.24. The lowest BCUT2D eigenvalue weighted by Crippen LogP contribution is -1.89. The Morgan fingerprint density at radius 2 is 1.16 bits per heavy atom.